The van der Waals surface area contributed by atoms with Crippen LogP contribution in [0.3, 0.4) is 0 Å². The number of aromatic nitrogens is 1. The normalized spacial score (nSPS) is 12.5. The molecule has 0 atom stereocenters. The fourth-order valence-corrected chi connectivity index (χ4v) is 3.00. The number of nitrogens with zero attached hydrogens (tertiary/aromatic N) is 2. The van der Waals surface area contributed by atoms with Gasteiger partial charge in [-0.3, -0.25) is 19.5 Å². The van der Waals surface area contributed by atoms with Crippen LogP contribution in [0.15, 0.2) is 73.1 Å². The molecule has 4 rings (SSSR count). The van der Waals surface area contributed by atoms with Gasteiger partial charge in [0.05, 0.1) is 17.6 Å². The highest BCUT2D eigenvalue weighted by Gasteiger charge is 2.27. The van der Waals surface area contributed by atoms with Crippen LogP contribution in [0.1, 0.15) is 10.4 Å². The summed E-state index contributed by atoms with van der Waals surface area (Å²) in [6.07, 6.45) is 3.13. The van der Waals surface area contributed by atoms with Crippen LogP contribution in [0, 0.1) is 0 Å². The van der Waals surface area contributed by atoms with E-state index in [0.29, 0.717) is 17.1 Å². The van der Waals surface area contributed by atoms with Gasteiger partial charge in [0, 0.05) is 6.20 Å². The lowest BCUT2D eigenvalue weighted by atomic mass is 10.2. The topological polar surface area (TPSA) is 97.8 Å². The number of benzene rings is 2. The second-order valence-corrected chi connectivity index (χ2v) is 6.41. The number of carbonyl (C=O) groups excluding carboxylic acids is 3. The zero-order chi connectivity index (χ0) is 20.9. The highest BCUT2D eigenvalue weighted by Crippen LogP contribution is 2.29. The number of carbonyl (C=O) groups is 3. The molecule has 1 aromatic heterocycles. The predicted molar refractivity (Wildman–Crippen MR) is 108 cm³/mol. The summed E-state index contributed by atoms with van der Waals surface area (Å²) in [6.45, 7) is -0.657. The van der Waals surface area contributed by atoms with Gasteiger partial charge in [-0.2, -0.15) is 0 Å². The summed E-state index contributed by atoms with van der Waals surface area (Å²) < 4.78 is 10.9. The first kappa shape index (κ1) is 19.1. The van der Waals surface area contributed by atoms with Crippen LogP contribution < -0.4 is 15.0 Å². The van der Waals surface area contributed by atoms with Gasteiger partial charge in [-0.25, -0.2) is 4.79 Å². The molecule has 0 bridgehead atoms. The van der Waals surface area contributed by atoms with Crippen molar-refractivity contribution in [2.45, 2.75) is 0 Å². The van der Waals surface area contributed by atoms with E-state index in [4.69, 9.17) is 9.47 Å². The molecule has 1 aliphatic heterocycles. The predicted octanol–water partition coefficient (Wildman–Crippen LogP) is 3.02. The fourth-order valence-electron chi connectivity index (χ4n) is 3.00. The molecule has 0 aliphatic carbocycles. The SMILES string of the molecule is O=C1CN(C(=O)COC(=O)c2ccccc2Oc2cccnc2)c2ccccc2N1. The average Bonchev–Trinajstić information content (AvgIpc) is 2.77. The van der Waals surface area contributed by atoms with Gasteiger partial charge in [-0.15, -0.1) is 0 Å². The summed E-state index contributed by atoms with van der Waals surface area (Å²) in [5.74, 6) is -0.784. The number of pyridine rings is 1. The van der Waals surface area contributed by atoms with Crippen LogP contribution in [0.4, 0.5) is 11.4 Å². The Labute approximate surface area is 172 Å². The van der Waals surface area contributed by atoms with E-state index in [2.05, 4.69) is 10.3 Å². The van der Waals surface area contributed by atoms with Gasteiger partial charge in [0.1, 0.15) is 23.6 Å². The lowest BCUT2D eigenvalue weighted by Gasteiger charge is -2.28. The van der Waals surface area contributed by atoms with Crippen molar-refractivity contribution in [3.8, 4) is 11.5 Å². The van der Waals surface area contributed by atoms with Gasteiger partial charge in [-0.1, -0.05) is 24.3 Å². The lowest BCUT2D eigenvalue weighted by molar-refractivity contribution is -0.124. The molecule has 0 saturated heterocycles. The van der Waals surface area contributed by atoms with Crippen LogP contribution in [-0.2, 0) is 14.3 Å². The van der Waals surface area contributed by atoms with Gasteiger partial charge in [0.25, 0.3) is 5.91 Å². The average molecular weight is 403 g/mol. The summed E-state index contributed by atoms with van der Waals surface area (Å²) in [5, 5.41) is 2.70. The molecule has 1 N–H and O–H groups in total. The van der Waals surface area contributed by atoms with E-state index in [1.165, 1.54) is 11.1 Å². The molecule has 1 aliphatic rings. The number of nitrogens with one attached hydrogen (secondary N) is 1. The monoisotopic (exact) mass is 403 g/mol. The Balaban J connectivity index is 1.46. The van der Waals surface area contributed by atoms with E-state index in [9.17, 15) is 14.4 Å². The summed E-state index contributed by atoms with van der Waals surface area (Å²) in [4.78, 5) is 42.4. The number of rotatable bonds is 5. The molecule has 0 fully saturated rings. The quantitative estimate of drug-likeness (QED) is 0.658. The maximum Gasteiger partial charge on any atom is 0.342 e. The van der Waals surface area contributed by atoms with E-state index in [1.807, 2.05) is 0 Å². The van der Waals surface area contributed by atoms with E-state index >= 15 is 0 Å². The minimum absolute atomic E-state index is 0.145. The second-order valence-electron chi connectivity index (χ2n) is 6.41. The molecular formula is C22H17N3O5. The smallest absolute Gasteiger partial charge is 0.342 e. The van der Waals surface area contributed by atoms with Crippen LogP contribution >= 0.6 is 0 Å². The van der Waals surface area contributed by atoms with E-state index in [-0.39, 0.29) is 23.8 Å². The van der Waals surface area contributed by atoms with Crippen LogP contribution in [0.5, 0.6) is 11.5 Å². The molecule has 2 aromatic carbocycles. The Morgan fingerprint density at radius 2 is 1.83 bits per heavy atom. The van der Waals surface area contributed by atoms with Crippen molar-refractivity contribution >= 4 is 29.2 Å². The van der Waals surface area contributed by atoms with Crippen molar-refractivity contribution < 1.29 is 23.9 Å². The van der Waals surface area contributed by atoms with E-state index in [1.54, 1.807) is 66.9 Å². The molecule has 8 heteroatoms. The van der Waals surface area contributed by atoms with Gasteiger partial charge < -0.3 is 14.8 Å². The zero-order valence-corrected chi connectivity index (χ0v) is 15.8. The molecule has 0 spiro atoms. The first-order valence-corrected chi connectivity index (χ1v) is 9.15. The summed E-state index contributed by atoms with van der Waals surface area (Å²) in [6, 6.07) is 16.9. The Kier molecular flexibility index (Phi) is 5.38. The first-order chi connectivity index (χ1) is 14.6. The highest BCUT2D eigenvalue weighted by molar-refractivity contribution is 6.10. The maximum atomic E-state index is 12.6. The minimum Gasteiger partial charge on any atom is -0.455 e. The van der Waals surface area contributed by atoms with Crippen LogP contribution in [0.2, 0.25) is 0 Å². The summed E-state index contributed by atoms with van der Waals surface area (Å²) in [7, 11) is 0. The molecule has 0 saturated carbocycles. The maximum absolute atomic E-state index is 12.6. The molecule has 8 nitrogen and oxygen atoms in total. The number of anilines is 2. The number of para-hydroxylation sites is 3. The number of ether oxygens (including phenoxy) is 2. The van der Waals surface area contributed by atoms with Gasteiger partial charge in [0.2, 0.25) is 5.91 Å². The second kappa shape index (κ2) is 8.44. The summed E-state index contributed by atoms with van der Waals surface area (Å²) in [5.41, 5.74) is 1.26. The number of hydrogen-bond acceptors (Lipinski definition) is 6. The highest BCUT2D eigenvalue weighted by atomic mass is 16.5. The Hall–Kier alpha value is -4.20. The molecule has 2 heterocycles. The molecule has 30 heavy (non-hydrogen) atoms. The van der Waals surface area contributed by atoms with Crippen molar-refractivity contribution in [3.05, 3.63) is 78.6 Å². The zero-order valence-electron chi connectivity index (χ0n) is 15.8. The third-order valence-corrected chi connectivity index (χ3v) is 4.37. The minimum atomic E-state index is -0.711. The fraction of sp³-hybridized carbons (Fsp3) is 0.0909. The first-order valence-electron chi connectivity index (χ1n) is 9.15. The number of esters is 1. The Bertz CT molecular complexity index is 1100. The Morgan fingerprint density at radius 1 is 1.03 bits per heavy atom. The molecular weight excluding hydrogens is 386 g/mol. The number of hydrogen-bond donors (Lipinski definition) is 1. The summed E-state index contributed by atoms with van der Waals surface area (Å²) >= 11 is 0. The van der Waals surface area contributed by atoms with Crippen molar-refractivity contribution in [2.24, 2.45) is 0 Å². The van der Waals surface area contributed by atoms with E-state index in [0.717, 1.165) is 0 Å². The van der Waals surface area contributed by atoms with Gasteiger partial charge in [-0.05, 0) is 36.4 Å². The van der Waals surface area contributed by atoms with E-state index < -0.39 is 18.5 Å². The molecule has 0 radical (unpaired) electrons. The Morgan fingerprint density at radius 3 is 2.67 bits per heavy atom. The van der Waals surface area contributed by atoms with Crippen molar-refractivity contribution in [2.75, 3.05) is 23.4 Å². The van der Waals surface area contributed by atoms with Crippen LogP contribution in [-0.4, -0.2) is 35.9 Å². The van der Waals surface area contributed by atoms with Crippen molar-refractivity contribution in [1.29, 1.82) is 0 Å². The number of amides is 2. The van der Waals surface area contributed by atoms with Gasteiger partial charge >= 0.3 is 5.97 Å². The van der Waals surface area contributed by atoms with Crippen molar-refractivity contribution in [1.82, 2.24) is 4.98 Å². The molecule has 0 unspecified atom stereocenters. The largest absolute Gasteiger partial charge is 0.455 e. The third-order valence-electron chi connectivity index (χ3n) is 4.37. The van der Waals surface area contributed by atoms with Gasteiger partial charge in [0.15, 0.2) is 6.61 Å². The van der Waals surface area contributed by atoms with Crippen LogP contribution in [0.25, 0.3) is 0 Å². The molecule has 2 amide bonds. The number of fused-ring (bicyclic) bond motifs is 1. The third kappa shape index (κ3) is 4.12. The van der Waals surface area contributed by atoms with Crippen molar-refractivity contribution in [3.63, 3.8) is 0 Å². The standard InChI is InChI=1S/C22H17N3O5/c26-20-13-25(18-9-3-2-8-17(18)24-20)21(27)14-29-22(28)16-7-1-4-10-19(16)30-15-6-5-11-23-12-15/h1-12H,13-14H2,(H,24,26). The molecule has 150 valence electrons. The lowest BCUT2D eigenvalue weighted by Crippen LogP contribution is -2.44. The molecule has 3 aromatic rings.